The van der Waals surface area contributed by atoms with Crippen LogP contribution in [0.3, 0.4) is 0 Å². The van der Waals surface area contributed by atoms with Gasteiger partial charge in [0.25, 0.3) is 0 Å². The Morgan fingerprint density at radius 2 is 2.05 bits per heavy atom. The van der Waals surface area contributed by atoms with Gasteiger partial charge in [-0.3, -0.25) is 4.90 Å². The number of ether oxygens (including phenoxy) is 1. The summed E-state index contributed by atoms with van der Waals surface area (Å²) >= 11 is 0. The molecule has 0 aliphatic heterocycles. The lowest BCUT2D eigenvalue weighted by molar-refractivity contribution is -0.149. The third kappa shape index (κ3) is 3.48. The van der Waals surface area contributed by atoms with E-state index in [-0.39, 0.29) is 5.97 Å². The molecule has 2 aromatic rings. The Bertz CT molecular complexity index is 522. The topological polar surface area (TPSA) is 42.7 Å². The Kier molecular flexibility index (Phi) is 4.96. The van der Waals surface area contributed by atoms with Crippen LogP contribution >= 0.6 is 0 Å². The molecule has 1 heterocycles. The predicted molar refractivity (Wildman–Crippen MR) is 76.0 cm³/mol. The summed E-state index contributed by atoms with van der Waals surface area (Å²) in [6.07, 6.45) is 3.31. The van der Waals surface area contributed by atoms with Crippen molar-refractivity contribution < 1.29 is 13.9 Å². The first-order valence-corrected chi connectivity index (χ1v) is 6.65. The maximum absolute atomic E-state index is 12.2. The van der Waals surface area contributed by atoms with Crippen molar-refractivity contribution in [2.75, 3.05) is 13.7 Å². The van der Waals surface area contributed by atoms with E-state index in [4.69, 9.17) is 9.15 Å². The molecule has 4 nitrogen and oxygen atoms in total. The molecule has 1 aromatic heterocycles. The molecule has 4 heteroatoms. The van der Waals surface area contributed by atoms with Crippen LogP contribution in [0.4, 0.5) is 0 Å². The van der Waals surface area contributed by atoms with Gasteiger partial charge in [0.05, 0.1) is 19.1 Å². The summed E-state index contributed by atoms with van der Waals surface area (Å²) < 4.78 is 10.3. The third-order valence-electron chi connectivity index (χ3n) is 3.08. The van der Waals surface area contributed by atoms with Crippen molar-refractivity contribution in [3.05, 3.63) is 60.1 Å². The second kappa shape index (κ2) is 6.91. The minimum Gasteiger partial charge on any atom is -0.472 e. The number of hydrogen-bond donors (Lipinski definition) is 0. The first kappa shape index (κ1) is 14.3. The normalized spacial score (nSPS) is 12.3. The highest BCUT2D eigenvalue weighted by molar-refractivity contribution is 5.77. The molecule has 2 rings (SSSR count). The Morgan fingerprint density at radius 3 is 2.65 bits per heavy atom. The summed E-state index contributed by atoms with van der Waals surface area (Å²) in [5.41, 5.74) is 1.95. The Hall–Kier alpha value is -2.07. The van der Waals surface area contributed by atoms with E-state index >= 15 is 0 Å². The number of benzene rings is 1. The SMILES string of the molecule is CCOC(=O)C(c1ccccc1)N(C)Cc1ccoc1. The van der Waals surface area contributed by atoms with Gasteiger partial charge >= 0.3 is 5.97 Å². The number of carbonyl (C=O) groups excluding carboxylic acids is 1. The van der Waals surface area contributed by atoms with Gasteiger partial charge in [0.15, 0.2) is 0 Å². The van der Waals surface area contributed by atoms with E-state index in [2.05, 4.69) is 0 Å². The fourth-order valence-electron chi connectivity index (χ4n) is 2.19. The zero-order chi connectivity index (χ0) is 14.4. The van der Waals surface area contributed by atoms with Gasteiger partial charge in [0.1, 0.15) is 6.04 Å². The van der Waals surface area contributed by atoms with Gasteiger partial charge in [-0.15, -0.1) is 0 Å². The maximum atomic E-state index is 12.2. The van der Waals surface area contributed by atoms with E-state index in [9.17, 15) is 4.79 Å². The minimum absolute atomic E-state index is 0.232. The van der Waals surface area contributed by atoms with Crippen molar-refractivity contribution in [2.45, 2.75) is 19.5 Å². The molecule has 0 fully saturated rings. The molecule has 106 valence electrons. The fraction of sp³-hybridized carbons (Fsp3) is 0.312. The van der Waals surface area contributed by atoms with Gasteiger partial charge in [0, 0.05) is 12.1 Å². The van der Waals surface area contributed by atoms with Crippen LogP contribution in [0.1, 0.15) is 24.1 Å². The van der Waals surface area contributed by atoms with Gasteiger partial charge < -0.3 is 9.15 Å². The number of esters is 1. The molecule has 0 aliphatic rings. The standard InChI is InChI=1S/C16H19NO3/c1-3-20-16(18)15(14-7-5-4-6-8-14)17(2)11-13-9-10-19-12-13/h4-10,12,15H,3,11H2,1-2H3. The summed E-state index contributed by atoms with van der Waals surface area (Å²) in [5.74, 6) is -0.232. The monoisotopic (exact) mass is 273 g/mol. The molecular weight excluding hydrogens is 254 g/mol. The Morgan fingerprint density at radius 1 is 1.30 bits per heavy atom. The highest BCUT2D eigenvalue weighted by Crippen LogP contribution is 2.23. The van der Waals surface area contributed by atoms with E-state index in [0.29, 0.717) is 13.2 Å². The summed E-state index contributed by atoms with van der Waals surface area (Å²) in [6.45, 7) is 2.81. The smallest absolute Gasteiger partial charge is 0.327 e. The quantitative estimate of drug-likeness (QED) is 0.759. The van der Waals surface area contributed by atoms with Gasteiger partial charge in [-0.05, 0) is 25.6 Å². The second-order valence-electron chi connectivity index (χ2n) is 4.61. The second-order valence-corrected chi connectivity index (χ2v) is 4.61. The molecule has 0 bridgehead atoms. The van der Waals surface area contributed by atoms with Gasteiger partial charge in [-0.2, -0.15) is 0 Å². The average Bonchev–Trinajstić information content (AvgIpc) is 2.93. The number of furan rings is 1. The number of carbonyl (C=O) groups is 1. The highest BCUT2D eigenvalue weighted by Gasteiger charge is 2.26. The summed E-state index contributed by atoms with van der Waals surface area (Å²) in [5, 5.41) is 0. The molecule has 0 radical (unpaired) electrons. The number of likely N-dealkylation sites (N-methyl/N-ethyl adjacent to an activating group) is 1. The number of rotatable bonds is 6. The van der Waals surface area contributed by atoms with E-state index in [0.717, 1.165) is 11.1 Å². The van der Waals surface area contributed by atoms with Crippen LogP contribution in [0.15, 0.2) is 53.3 Å². The van der Waals surface area contributed by atoms with Crippen LogP contribution in [0.25, 0.3) is 0 Å². The Balaban J connectivity index is 2.19. The van der Waals surface area contributed by atoms with Crippen molar-refractivity contribution in [1.82, 2.24) is 4.90 Å². The lowest BCUT2D eigenvalue weighted by Crippen LogP contribution is -2.31. The summed E-state index contributed by atoms with van der Waals surface area (Å²) in [7, 11) is 1.90. The predicted octanol–water partition coefficient (Wildman–Crippen LogP) is 3.02. The molecule has 1 unspecified atom stereocenters. The van der Waals surface area contributed by atoms with E-state index in [1.165, 1.54) is 0 Å². The van der Waals surface area contributed by atoms with Gasteiger partial charge in [0.2, 0.25) is 0 Å². The Labute approximate surface area is 119 Å². The minimum atomic E-state index is -0.411. The van der Waals surface area contributed by atoms with Gasteiger partial charge in [-0.1, -0.05) is 30.3 Å². The fourth-order valence-corrected chi connectivity index (χ4v) is 2.19. The molecule has 0 spiro atoms. The van der Waals surface area contributed by atoms with Crippen molar-refractivity contribution in [3.8, 4) is 0 Å². The van der Waals surface area contributed by atoms with E-state index in [1.54, 1.807) is 12.5 Å². The molecule has 0 aliphatic carbocycles. The molecule has 0 amide bonds. The first-order chi connectivity index (χ1) is 9.72. The van der Waals surface area contributed by atoms with Crippen molar-refractivity contribution in [1.29, 1.82) is 0 Å². The zero-order valence-electron chi connectivity index (χ0n) is 11.8. The third-order valence-corrected chi connectivity index (χ3v) is 3.08. The van der Waals surface area contributed by atoms with Crippen LogP contribution in [0.5, 0.6) is 0 Å². The summed E-state index contributed by atoms with van der Waals surface area (Å²) in [4.78, 5) is 14.2. The number of nitrogens with zero attached hydrogens (tertiary/aromatic N) is 1. The molecule has 20 heavy (non-hydrogen) atoms. The van der Waals surface area contributed by atoms with Crippen LogP contribution in [0.2, 0.25) is 0 Å². The average molecular weight is 273 g/mol. The molecule has 0 saturated heterocycles. The van der Waals surface area contributed by atoms with Crippen molar-refractivity contribution in [2.24, 2.45) is 0 Å². The first-order valence-electron chi connectivity index (χ1n) is 6.65. The van der Waals surface area contributed by atoms with Gasteiger partial charge in [-0.25, -0.2) is 4.79 Å². The van der Waals surface area contributed by atoms with Crippen LogP contribution < -0.4 is 0 Å². The highest BCUT2D eigenvalue weighted by atomic mass is 16.5. The van der Waals surface area contributed by atoms with Crippen molar-refractivity contribution in [3.63, 3.8) is 0 Å². The van der Waals surface area contributed by atoms with Crippen molar-refractivity contribution >= 4 is 5.97 Å². The molecule has 0 saturated carbocycles. The van der Waals surface area contributed by atoms with Crippen LogP contribution in [0, 0.1) is 0 Å². The summed E-state index contributed by atoms with van der Waals surface area (Å²) in [6, 6.07) is 11.1. The largest absolute Gasteiger partial charge is 0.472 e. The molecule has 1 atom stereocenters. The maximum Gasteiger partial charge on any atom is 0.327 e. The van der Waals surface area contributed by atoms with E-state index < -0.39 is 6.04 Å². The molecule has 0 N–H and O–H groups in total. The van der Waals surface area contributed by atoms with E-state index in [1.807, 2.05) is 55.3 Å². The molecule has 1 aromatic carbocycles. The molecular formula is C16H19NO3. The number of hydrogen-bond acceptors (Lipinski definition) is 4. The zero-order valence-corrected chi connectivity index (χ0v) is 11.8. The van der Waals surface area contributed by atoms with Crippen LogP contribution in [-0.4, -0.2) is 24.5 Å². The lowest BCUT2D eigenvalue weighted by atomic mass is 10.1. The van der Waals surface area contributed by atoms with Crippen LogP contribution in [-0.2, 0) is 16.1 Å². The lowest BCUT2D eigenvalue weighted by Gasteiger charge is -2.26.